The largest absolute Gasteiger partial charge is 0.324 e. The maximum absolute atomic E-state index is 6.50. The number of hydrogen-bond acceptors (Lipinski definition) is 2. The first-order valence-electron chi connectivity index (χ1n) is 7.20. The smallest absolute Gasteiger partial charge is 0.0283 e. The van der Waals surface area contributed by atoms with E-state index in [4.69, 9.17) is 5.73 Å². The summed E-state index contributed by atoms with van der Waals surface area (Å²) < 4.78 is 0. The quantitative estimate of drug-likeness (QED) is 0.773. The molecule has 0 aromatic rings. The molecule has 0 aromatic carbocycles. The Hall–Kier alpha value is -0.0800. The molecule has 0 aromatic heterocycles. The molecule has 0 heterocycles. The third-order valence-corrected chi connectivity index (χ3v) is 4.47. The van der Waals surface area contributed by atoms with Crippen LogP contribution in [0.2, 0.25) is 0 Å². The Bertz CT molecular complexity index is 211. The summed E-state index contributed by atoms with van der Waals surface area (Å²) in [5.41, 5.74) is 6.60. The van der Waals surface area contributed by atoms with Crippen LogP contribution in [0.3, 0.4) is 0 Å². The summed E-state index contributed by atoms with van der Waals surface area (Å²) in [4.78, 5) is 0. The van der Waals surface area contributed by atoms with Crippen LogP contribution in [0.15, 0.2) is 0 Å². The van der Waals surface area contributed by atoms with Gasteiger partial charge in [0.05, 0.1) is 0 Å². The standard InChI is InChI=1S/C14H28N2/c1-12-6-5-9-14(15,10-12)11-16-13-7-3-2-4-8-13/h12-13,16H,2-11,15H2,1H3. The predicted octanol–water partition coefficient (Wildman–Crippen LogP) is 2.82. The highest BCUT2D eigenvalue weighted by Crippen LogP contribution is 2.30. The van der Waals surface area contributed by atoms with E-state index >= 15 is 0 Å². The average Bonchev–Trinajstić information content (AvgIpc) is 2.28. The monoisotopic (exact) mass is 224 g/mol. The van der Waals surface area contributed by atoms with E-state index in [-0.39, 0.29) is 5.54 Å². The number of hydrogen-bond donors (Lipinski definition) is 2. The molecule has 0 spiro atoms. The van der Waals surface area contributed by atoms with E-state index in [9.17, 15) is 0 Å². The van der Waals surface area contributed by atoms with Crippen molar-refractivity contribution in [1.29, 1.82) is 0 Å². The fourth-order valence-electron chi connectivity index (χ4n) is 3.52. The van der Waals surface area contributed by atoms with Crippen LogP contribution in [0.5, 0.6) is 0 Å². The van der Waals surface area contributed by atoms with Crippen LogP contribution in [0.25, 0.3) is 0 Å². The van der Waals surface area contributed by atoms with Gasteiger partial charge in [-0.15, -0.1) is 0 Å². The van der Waals surface area contributed by atoms with Crippen molar-refractivity contribution in [2.45, 2.75) is 76.3 Å². The van der Waals surface area contributed by atoms with Crippen molar-refractivity contribution in [3.63, 3.8) is 0 Å². The van der Waals surface area contributed by atoms with Crippen molar-refractivity contribution in [2.24, 2.45) is 11.7 Å². The van der Waals surface area contributed by atoms with Crippen LogP contribution in [0.4, 0.5) is 0 Å². The van der Waals surface area contributed by atoms with Crippen LogP contribution in [0, 0.1) is 5.92 Å². The van der Waals surface area contributed by atoms with E-state index in [0.29, 0.717) is 0 Å². The fraction of sp³-hybridized carbons (Fsp3) is 1.00. The third kappa shape index (κ3) is 3.46. The Labute approximate surface area is 100 Å². The highest BCUT2D eigenvalue weighted by atomic mass is 15.0. The number of nitrogens with two attached hydrogens (primary N) is 1. The van der Waals surface area contributed by atoms with Crippen LogP contribution < -0.4 is 11.1 Å². The molecular formula is C14H28N2. The molecule has 0 radical (unpaired) electrons. The molecule has 0 amide bonds. The molecule has 2 unspecified atom stereocenters. The summed E-state index contributed by atoms with van der Waals surface area (Å²) in [5, 5.41) is 3.73. The lowest BCUT2D eigenvalue weighted by Gasteiger charge is -2.38. The minimum absolute atomic E-state index is 0.0924. The van der Waals surface area contributed by atoms with E-state index < -0.39 is 0 Å². The van der Waals surface area contributed by atoms with Crippen molar-refractivity contribution in [2.75, 3.05) is 6.54 Å². The van der Waals surface area contributed by atoms with Gasteiger partial charge in [-0.25, -0.2) is 0 Å². The van der Waals surface area contributed by atoms with Gasteiger partial charge >= 0.3 is 0 Å². The summed E-state index contributed by atoms with van der Waals surface area (Å²) in [5.74, 6) is 0.826. The molecule has 16 heavy (non-hydrogen) atoms. The van der Waals surface area contributed by atoms with Gasteiger partial charge in [0.2, 0.25) is 0 Å². The first kappa shape index (κ1) is 12.4. The van der Waals surface area contributed by atoms with E-state index in [1.54, 1.807) is 0 Å². The first-order chi connectivity index (χ1) is 7.68. The molecule has 2 aliphatic rings. The summed E-state index contributed by atoms with van der Waals surface area (Å²) in [6, 6.07) is 0.756. The zero-order chi connectivity index (χ0) is 11.4. The molecule has 94 valence electrons. The topological polar surface area (TPSA) is 38.0 Å². The summed E-state index contributed by atoms with van der Waals surface area (Å²) in [7, 11) is 0. The predicted molar refractivity (Wildman–Crippen MR) is 69.4 cm³/mol. The number of rotatable bonds is 3. The van der Waals surface area contributed by atoms with Gasteiger partial charge in [-0.3, -0.25) is 0 Å². The second-order valence-corrected chi connectivity index (χ2v) is 6.28. The minimum Gasteiger partial charge on any atom is -0.324 e. The molecule has 0 saturated heterocycles. The van der Waals surface area contributed by atoms with Crippen LogP contribution >= 0.6 is 0 Å². The van der Waals surface area contributed by atoms with Gasteiger partial charge in [0.15, 0.2) is 0 Å². The van der Waals surface area contributed by atoms with Crippen LogP contribution in [-0.2, 0) is 0 Å². The maximum atomic E-state index is 6.50. The van der Waals surface area contributed by atoms with Crippen LogP contribution in [0.1, 0.15) is 64.7 Å². The molecule has 2 rings (SSSR count). The van der Waals surface area contributed by atoms with E-state index in [1.807, 2.05) is 0 Å². The second kappa shape index (κ2) is 5.50. The Morgan fingerprint density at radius 3 is 2.56 bits per heavy atom. The van der Waals surface area contributed by atoms with Gasteiger partial charge in [0.25, 0.3) is 0 Å². The van der Waals surface area contributed by atoms with Crippen molar-refractivity contribution < 1.29 is 0 Å². The molecule has 2 heteroatoms. The molecule has 2 nitrogen and oxygen atoms in total. The van der Waals surface area contributed by atoms with Crippen molar-refractivity contribution >= 4 is 0 Å². The lowest BCUT2D eigenvalue weighted by molar-refractivity contribution is 0.216. The Kier molecular flexibility index (Phi) is 4.26. The van der Waals surface area contributed by atoms with Gasteiger partial charge in [0.1, 0.15) is 0 Å². The number of nitrogens with one attached hydrogen (secondary N) is 1. The molecule has 2 atom stereocenters. The summed E-state index contributed by atoms with van der Waals surface area (Å²) in [6.07, 6.45) is 12.1. The molecule has 3 N–H and O–H groups in total. The minimum atomic E-state index is 0.0924. The zero-order valence-corrected chi connectivity index (χ0v) is 10.8. The molecule has 2 saturated carbocycles. The van der Waals surface area contributed by atoms with Gasteiger partial charge in [-0.05, 0) is 31.6 Å². The molecule has 2 fully saturated rings. The van der Waals surface area contributed by atoms with Crippen molar-refractivity contribution in [3.05, 3.63) is 0 Å². The lowest BCUT2D eigenvalue weighted by atomic mass is 9.77. The molecular weight excluding hydrogens is 196 g/mol. The Morgan fingerprint density at radius 1 is 1.12 bits per heavy atom. The van der Waals surface area contributed by atoms with Gasteiger partial charge in [0, 0.05) is 18.1 Å². The zero-order valence-electron chi connectivity index (χ0n) is 10.8. The molecule has 0 bridgehead atoms. The highest BCUT2D eigenvalue weighted by molar-refractivity contribution is 4.92. The van der Waals surface area contributed by atoms with Crippen molar-refractivity contribution in [1.82, 2.24) is 5.32 Å². The summed E-state index contributed by atoms with van der Waals surface area (Å²) in [6.45, 7) is 3.39. The summed E-state index contributed by atoms with van der Waals surface area (Å²) >= 11 is 0. The van der Waals surface area contributed by atoms with Gasteiger partial charge in [-0.2, -0.15) is 0 Å². The van der Waals surface area contributed by atoms with Gasteiger partial charge in [-0.1, -0.05) is 39.0 Å². The first-order valence-corrected chi connectivity index (χ1v) is 7.20. The van der Waals surface area contributed by atoms with E-state index in [0.717, 1.165) is 18.5 Å². The Balaban J connectivity index is 1.74. The Morgan fingerprint density at radius 2 is 1.88 bits per heavy atom. The average molecular weight is 224 g/mol. The molecule has 0 aliphatic heterocycles. The highest BCUT2D eigenvalue weighted by Gasteiger charge is 2.31. The van der Waals surface area contributed by atoms with Gasteiger partial charge < -0.3 is 11.1 Å². The SMILES string of the molecule is CC1CCCC(N)(CNC2CCCCC2)C1. The maximum Gasteiger partial charge on any atom is 0.0283 e. The molecule has 2 aliphatic carbocycles. The normalized spacial score (nSPS) is 37.5. The lowest BCUT2D eigenvalue weighted by Crippen LogP contribution is -2.53. The van der Waals surface area contributed by atoms with Crippen molar-refractivity contribution in [3.8, 4) is 0 Å². The van der Waals surface area contributed by atoms with Crippen LogP contribution in [-0.4, -0.2) is 18.1 Å². The fourth-order valence-corrected chi connectivity index (χ4v) is 3.52. The second-order valence-electron chi connectivity index (χ2n) is 6.28. The van der Waals surface area contributed by atoms with E-state index in [2.05, 4.69) is 12.2 Å². The third-order valence-electron chi connectivity index (χ3n) is 4.47. The van der Waals surface area contributed by atoms with E-state index in [1.165, 1.54) is 57.8 Å².